The molecule has 0 radical (unpaired) electrons. The van der Waals surface area contributed by atoms with Crippen LogP contribution in [0.15, 0.2) is 12.5 Å². The van der Waals surface area contributed by atoms with Crippen molar-refractivity contribution in [3.63, 3.8) is 0 Å². The maximum atomic E-state index is 12.9. The fraction of sp³-hybridized carbons (Fsp3) is 0.722. The van der Waals surface area contributed by atoms with Gasteiger partial charge in [0.1, 0.15) is 6.04 Å². The van der Waals surface area contributed by atoms with Crippen molar-refractivity contribution < 1.29 is 9.59 Å². The minimum atomic E-state index is -0.511. The van der Waals surface area contributed by atoms with Gasteiger partial charge in [0.2, 0.25) is 11.8 Å². The Hall–Kier alpha value is -1.85. The van der Waals surface area contributed by atoms with Gasteiger partial charge in [-0.25, -0.2) is 4.98 Å². The van der Waals surface area contributed by atoms with Gasteiger partial charge >= 0.3 is 0 Å². The third-order valence-electron chi connectivity index (χ3n) is 5.70. The first-order valence-corrected chi connectivity index (χ1v) is 9.11. The summed E-state index contributed by atoms with van der Waals surface area (Å²) >= 11 is 0. The Labute approximate surface area is 143 Å². The first kappa shape index (κ1) is 17.0. The highest BCUT2D eigenvalue weighted by Gasteiger charge is 2.38. The fourth-order valence-corrected chi connectivity index (χ4v) is 4.29. The Morgan fingerprint density at radius 3 is 2.54 bits per heavy atom. The van der Waals surface area contributed by atoms with Gasteiger partial charge in [0.15, 0.2) is 0 Å². The molecule has 2 heterocycles. The third-order valence-corrected chi connectivity index (χ3v) is 5.70. The molecule has 6 heteroatoms. The standard InChI is InChI=1S/C18H28N4O2/c1-14(23)21-16(11-15-12-19-13-20-15)17(24)22-9-7-18(8-10-22)5-3-2-4-6-18/h12-13,16H,2-11H2,1H3,(H,19,20)(H,21,23)/t16-/m0/s1. The molecule has 1 saturated heterocycles. The van der Waals surface area contributed by atoms with Crippen LogP contribution in [-0.4, -0.2) is 45.8 Å². The molecular weight excluding hydrogens is 304 g/mol. The summed E-state index contributed by atoms with van der Waals surface area (Å²) in [7, 11) is 0. The SMILES string of the molecule is CC(=O)N[C@@H](Cc1cnc[nH]1)C(=O)N1CCC2(CCCCC2)CC1. The zero-order chi connectivity index (χ0) is 17.0. The summed E-state index contributed by atoms with van der Waals surface area (Å²) in [6.07, 6.45) is 12.6. The molecule has 2 amide bonds. The average Bonchev–Trinajstić information content (AvgIpc) is 3.08. The average molecular weight is 332 g/mol. The Balaban J connectivity index is 1.61. The molecule has 0 bridgehead atoms. The van der Waals surface area contributed by atoms with Crippen LogP contribution in [0.25, 0.3) is 0 Å². The van der Waals surface area contributed by atoms with Crippen LogP contribution in [0.5, 0.6) is 0 Å². The number of imidazole rings is 1. The van der Waals surface area contributed by atoms with E-state index in [0.29, 0.717) is 11.8 Å². The number of amides is 2. The van der Waals surface area contributed by atoms with Crippen LogP contribution in [0.3, 0.4) is 0 Å². The Morgan fingerprint density at radius 1 is 1.25 bits per heavy atom. The monoisotopic (exact) mass is 332 g/mol. The highest BCUT2D eigenvalue weighted by Crippen LogP contribution is 2.44. The molecule has 6 nitrogen and oxygen atoms in total. The van der Waals surface area contributed by atoms with E-state index in [1.165, 1.54) is 39.0 Å². The number of piperidine rings is 1. The van der Waals surface area contributed by atoms with Gasteiger partial charge < -0.3 is 15.2 Å². The summed E-state index contributed by atoms with van der Waals surface area (Å²) in [5.41, 5.74) is 1.34. The van der Waals surface area contributed by atoms with Gasteiger partial charge in [0.25, 0.3) is 0 Å². The summed E-state index contributed by atoms with van der Waals surface area (Å²) in [5, 5.41) is 2.81. The van der Waals surface area contributed by atoms with Gasteiger partial charge in [-0.1, -0.05) is 19.3 Å². The molecule has 2 fully saturated rings. The van der Waals surface area contributed by atoms with Crippen molar-refractivity contribution in [3.8, 4) is 0 Å². The van der Waals surface area contributed by atoms with E-state index in [4.69, 9.17) is 0 Å². The number of nitrogens with one attached hydrogen (secondary N) is 2. The summed E-state index contributed by atoms with van der Waals surface area (Å²) < 4.78 is 0. The lowest BCUT2D eigenvalue weighted by Gasteiger charge is -2.45. The van der Waals surface area contributed by atoms with Crippen molar-refractivity contribution in [2.45, 2.75) is 64.3 Å². The number of hydrogen-bond donors (Lipinski definition) is 2. The second kappa shape index (κ2) is 7.36. The summed E-state index contributed by atoms with van der Waals surface area (Å²) in [6.45, 7) is 3.09. The van der Waals surface area contributed by atoms with Crippen LogP contribution >= 0.6 is 0 Å². The van der Waals surface area contributed by atoms with Gasteiger partial charge in [0, 0.05) is 38.3 Å². The summed E-state index contributed by atoms with van der Waals surface area (Å²) in [4.78, 5) is 33.4. The van der Waals surface area contributed by atoms with Gasteiger partial charge in [0.05, 0.1) is 6.33 Å². The molecule has 24 heavy (non-hydrogen) atoms. The van der Waals surface area contributed by atoms with Crippen LogP contribution in [0.1, 0.15) is 57.6 Å². The Morgan fingerprint density at radius 2 is 1.96 bits per heavy atom. The highest BCUT2D eigenvalue weighted by molar-refractivity contribution is 5.87. The normalized spacial score (nSPS) is 21.5. The van der Waals surface area contributed by atoms with Gasteiger partial charge in [-0.15, -0.1) is 0 Å². The van der Waals surface area contributed by atoms with Gasteiger partial charge in [-0.05, 0) is 31.1 Å². The van der Waals surface area contributed by atoms with Crippen molar-refractivity contribution in [1.82, 2.24) is 20.2 Å². The number of likely N-dealkylation sites (tertiary alicyclic amines) is 1. The first-order chi connectivity index (χ1) is 11.6. The molecule has 132 valence electrons. The van der Waals surface area contributed by atoms with Crippen LogP contribution in [-0.2, 0) is 16.0 Å². The van der Waals surface area contributed by atoms with E-state index >= 15 is 0 Å². The lowest BCUT2D eigenvalue weighted by molar-refractivity contribution is -0.138. The number of rotatable bonds is 4. The molecule has 1 aromatic rings. The molecule has 1 aromatic heterocycles. The van der Waals surface area contributed by atoms with Crippen LogP contribution in [0.4, 0.5) is 0 Å². The molecule has 3 rings (SSSR count). The van der Waals surface area contributed by atoms with E-state index in [2.05, 4.69) is 15.3 Å². The second-order valence-electron chi connectivity index (χ2n) is 7.42. The van der Waals surface area contributed by atoms with Crippen molar-refractivity contribution in [2.75, 3.05) is 13.1 Å². The highest BCUT2D eigenvalue weighted by atomic mass is 16.2. The molecule has 1 aliphatic heterocycles. The molecule has 1 saturated carbocycles. The van der Waals surface area contributed by atoms with Gasteiger partial charge in [-0.2, -0.15) is 0 Å². The minimum absolute atomic E-state index is 0.0328. The number of H-pyrrole nitrogens is 1. The van der Waals surface area contributed by atoms with E-state index in [9.17, 15) is 9.59 Å². The van der Waals surface area contributed by atoms with Gasteiger partial charge in [-0.3, -0.25) is 9.59 Å². The van der Waals surface area contributed by atoms with Crippen molar-refractivity contribution in [2.24, 2.45) is 5.41 Å². The molecule has 1 atom stereocenters. The Kier molecular flexibility index (Phi) is 5.21. The first-order valence-electron chi connectivity index (χ1n) is 9.11. The third kappa shape index (κ3) is 3.97. The van der Waals surface area contributed by atoms with E-state index in [1.54, 1.807) is 12.5 Å². The second-order valence-corrected chi connectivity index (χ2v) is 7.42. The molecule has 2 aliphatic rings. The number of aromatic amines is 1. The number of hydrogen-bond acceptors (Lipinski definition) is 3. The topological polar surface area (TPSA) is 78.1 Å². The van der Waals surface area contributed by atoms with E-state index in [0.717, 1.165) is 31.6 Å². The zero-order valence-corrected chi connectivity index (χ0v) is 14.5. The lowest BCUT2D eigenvalue weighted by Crippen LogP contribution is -2.52. The molecule has 1 spiro atoms. The molecule has 0 aromatic carbocycles. The summed E-state index contributed by atoms with van der Waals surface area (Å²) in [5.74, 6) is -0.140. The Bertz CT molecular complexity index is 554. The van der Waals surface area contributed by atoms with Crippen LogP contribution < -0.4 is 5.32 Å². The quantitative estimate of drug-likeness (QED) is 0.885. The fourth-order valence-electron chi connectivity index (χ4n) is 4.29. The smallest absolute Gasteiger partial charge is 0.245 e. The number of carbonyl (C=O) groups excluding carboxylic acids is 2. The number of aromatic nitrogens is 2. The minimum Gasteiger partial charge on any atom is -0.348 e. The summed E-state index contributed by atoms with van der Waals surface area (Å²) in [6, 6.07) is -0.511. The molecule has 0 unspecified atom stereocenters. The lowest BCUT2D eigenvalue weighted by atomic mass is 9.68. The van der Waals surface area contributed by atoms with Crippen LogP contribution in [0.2, 0.25) is 0 Å². The van der Waals surface area contributed by atoms with E-state index in [1.807, 2.05) is 4.90 Å². The van der Waals surface area contributed by atoms with Crippen molar-refractivity contribution in [1.29, 1.82) is 0 Å². The predicted molar refractivity (Wildman–Crippen MR) is 91.2 cm³/mol. The van der Waals surface area contributed by atoms with Crippen molar-refractivity contribution >= 4 is 11.8 Å². The maximum Gasteiger partial charge on any atom is 0.245 e. The molecule has 1 aliphatic carbocycles. The maximum absolute atomic E-state index is 12.9. The van der Waals surface area contributed by atoms with E-state index < -0.39 is 6.04 Å². The zero-order valence-electron chi connectivity index (χ0n) is 14.5. The predicted octanol–water partition coefficient (Wildman–Crippen LogP) is 2.03. The van der Waals surface area contributed by atoms with E-state index in [-0.39, 0.29) is 11.8 Å². The van der Waals surface area contributed by atoms with Crippen LogP contribution in [0, 0.1) is 5.41 Å². The molecular formula is C18H28N4O2. The van der Waals surface area contributed by atoms with Crippen molar-refractivity contribution in [3.05, 3.63) is 18.2 Å². The number of carbonyl (C=O) groups is 2. The largest absolute Gasteiger partial charge is 0.348 e. The number of nitrogens with zero attached hydrogens (tertiary/aromatic N) is 2. The molecule has 2 N–H and O–H groups in total.